The molecule has 1 heterocycles. The summed E-state index contributed by atoms with van der Waals surface area (Å²) in [5.74, 6) is 0.556. The van der Waals surface area contributed by atoms with Crippen molar-refractivity contribution in [3.63, 3.8) is 0 Å². The van der Waals surface area contributed by atoms with Gasteiger partial charge >= 0.3 is 0 Å². The van der Waals surface area contributed by atoms with Gasteiger partial charge in [0.25, 0.3) is 6.43 Å². The number of hydrogen-bond donors (Lipinski definition) is 2. The van der Waals surface area contributed by atoms with Gasteiger partial charge in [-0.3, -0.25) is 0 Å². The second-order valence-corrected chi connectivity index (χ2v) is 3.51. The zero-order valence-corrected chi connectivity index (χ0v) is 8.93. The fourth-order valence-corrected chi connectivity index (χ4v) is 1.37. The predicted molar refractivity (Wildman–Crippen MR) is 52.2 cm³/mol. The van der Waals surface area contributed by atoms with Crippen LogP contribution >= 0.6 is 15.9 Å². The summed E-state index contributed by atoms with van der Waals surface area (Å²) in [6.07, 6.45) is -2.39. The summed E-state index contributed by atoms with van der Waals surface area (Å²) in [7, 11) is 0. The topological polar surface area (TPSA) is 51.2 Å². The first-order valence-electron chi connectivity index (χ1n) is 4.10. The Bertz CT molecular complexity index is 280. The van der Waals surface area contributed by atoms with Gasteiger partial charge in [0.2, 0.25) is 0 Å². The minimum atomic E-state index is -2.39. The van der Waals surface area contributed by atoms with Gasteiger partial charge in [-0.2, -0.15) is 0 Å². The molecule has 1 atom stereocenters. The van der Waals surface area contributed by atoms with Crippen molar-refractivity contribution in [1.29, 1.82) is 0 Å². The standard InChI is InChI=1S/C8H11BrF2N2O/c9-7-2-1-6(14-7)5(3-12)13-4-8(10)11/h1-2,5,8,13H,3-4,12H2. The van der Waals surface area contributed by atoms with Gasteiger partial charge in [0.15, 0.2) is 4.67 Å². The lowest BCUT2D eigenvalue weighted by Gasteiger charge is -2.13. The second-order valence-electron chi connectivity index (χ2n) is 2.73. The largest absolute Gasteiger partial charge is 0.453 e. The second kappa shape index (κ2) is 5.43. The number of furan rings is 1. The molecule has 3 N–H and O–H groups in total. The molecule has 80 valence electrons. The maximum atomic E-state index is 11.9. The molecule has 14 heavy (non-hydrogen) atoms. The van der Waals surface area contributed by atoms with Crippen molar-refractivity contribution in [3.05, 3.63) is 22.6 Å². The van der Waals surface area contributed by atoms with Crippen LogP contribution in [-0.2, 0) is 0 Å². The number of alkyl halides is 2. The molecule has 0 aliphatic rings. The highest BCUT2D eigenvalue weighted by Crippen LogP contribution is 2.19. The molecule has 0 spiro atoms. The van der Waals surface area contributed by atoms with E-state index in [1.807, 2.05) is 0 Å². The number of halogens is 3. The molecule has 0 amide bonds. The quantitative estimate of drug-likeness (QED) is 0.858. The van der Waals surface area contributed by atoms with Crippen LogP contribution in [-0.4, -0.2) is 19.5 Å². The molecule has 6 heteroatoms. The fraction of sp³-hybridized carbons (Fsp3) is 0.500. The molecule has 0 saturated carbocycles. The molecule has 1 rings (SSSR count). The van der Waals surface area contributed by atoms with Crippen molar-refractivity contribution in [2.24, 2.45) is 5.73 Å². The maximum absolute atomic E-state index is 11.9. The van der Waals surface area contributed by atoms with Crippen molar-refractivity contribution in [2.75, 3.05) is 13.1 Å². The van der Waals surface area contributed by atoms with Gasteiger partial charge < -0.3 is 15.5 Å². The number of hydrogen-bond acceptors (Lipinski definition) is 3. The summed E-state index contributed by atoms with van der Waals surface area (Å²) >= 11 is 3.13. The molecule has 0 radical (unpaired) electrons. The normalized spacial score (nSPS) is 13.5. The first kappa shape index (κ1) is 11.6. The van der Waals surface area contributed by atoms with Crippen LogP contribution in [0.25, 0.3) is 0 Å². The average molecular weight is 269 g/mol. The van der Waals surface area contributed by atoms with E-state index in [1.165, 1.54) is 0 Å². The highest BCUT2D eigenvalue weighted by atomic mass is 79.9. The highest BCUT2D eigenvalue weighted by molar-refractivity contribution is 9.10. The molecule has 1 aromatic heterocycles. The van der Waals surface area contributed by atoms with E-state index in [0.29, 0.717) is 10.4 Å². The Morgan fingerprint density at radius 2 is 2.21 bits per heavy atom. The first-order valence-corrected chi connectivity index (χ1v) is 4.89. The van der Waals surface area contributed by atoms with Gasteiger partial charge in [-0.1, -0.05) is 0 Å². The third-order valence-corrected chi connectivity index (χ3v) is 2.12. The van der Waals surface area contributed by atoms with Crippen LogP contribution in [0.3, 0.4) is 0 Å². The molecule has 1 aromatic rings. The van der Waals surface area contributed by atoms with Gasteiger partial charge in [-0.15, -0.1) is 0 Å². The molecular weight excluding hydrogens is 258 g/mol. The van der Waals surface area contributed by atoms with Crippen molar-refractivity contribution < 1.29 is 13.2 Å². The molecule has 0 aromatic carbocycles. The molecule has 0 fully saturated rings. The zero-order valence-electron chi connectivity index (χ0n) is 7.34. The van der Waals surface area contributed by atoms with Crippen LogP contribution in [0.5, 0.6) is 0 Å². The lowest BCUT2D eigenvalue weighted by molar-refractivity contribution is 0.140. The third-order valence-electron chi connectivity index (χ3n) is 1.69. The first-order chi connectivity index (χ1) is 6.63. The van der Waals surface area contributed by atoms with Gasteiger partial charge in [-0.25, -0.2) is 8.78 Å². The van der Waals surface area contributed by atoms with Gasteiger partial charge in [0.05, 0.1) is 12.6 Å². The predicted octanol–water partition coefficient (Wildman–Crippen LogP) is 1.90. The van der Waals surface area contributed by atoms with E-state index in [9.17, 15) is 8.78 Å². The molecule has 0 aliphatic heterocycles. The minimum Gasteiger partial charge on any atom is -0.453 e. The fourth-order valence-electron chi connectivity index (χ4n) is 1.05. The Labute approximate surface area is 88.8 Å². The van der Waals surface area contributed by atoms with Crippen molar-refractivity contribution in [2.45, 2.75) is 12.5 Å². The highest BCUT2D eigenvalue weighted by Gasteiger charge is 2.14. The summed E-state index contributed by atoms with van der Waals surface area (Å²) in [5.41, 5.74) is 5.42. The van der Waals surface area contributed by atoms with Crippen molar-refractivity contribution in [3.8, 4) is 0 Å². The van der Waals surface area contributed by atoms with Crippen molar-refractivity contribution >= 4 is 15.9 Å². The molecular formula is C8H11BrF2N2O. The monoisotopic (exact) mass is 268 g/mol. The summed E-state index contributed by atoms with van der Waals surface area (Å²) < 4.78 is 29.6. The van der Waals surface area contributed by atoms with Crippen LogP contribution in [0.2, 0.25) is 0 Å². The van der Waals surface area contributed by atoms with Gasteiger partial charge in [0.1, 0.15) is 5.76 Å². The van der Waals surface area contributed by atoms with E-state index < -0.39 is 6.43 Å². The van der Waals surface area contributed by atoms with Crippen molar-refractivity contribution in [1.82, 2.24) is 5.32 Å². The van der Waals surface area contributed by atoms with Crippen LogP contribution in [0.15, 0.2) is 21.2 Å². The smallest absolute Gasteiger partial charge is 0.250 e. The van der Waals surface area contributed by atoms with Crippen LogP contribution in [0, 0.1) is 0 Å². The zero-order chi connectivity index (χ0) is 10.6. The van der Waals surface area contributed by atoms with Crippen LogP contribution in [0.1, 0.15) is 11.8 Å². The summed E-state index contributed by atoms with van der Waals surface area (Å²) in [4.78, 5) is 0. The van der Waals surface area contributed by atoms with E-state index in [0.717, 1.165) is 0 Å². The number of nitrogens with one attached hydrogen (secondary N) is 1. The van der Waals surface area contributed by atoms with E-state index in [-0.39, 0.29) is 19.1 Å². The van der Waals surface area contributed by atoms with Gasteiger partial charge in [0, 0.05) is 6.54 Å². The molecule has 1 unspecified atom stereocenters. The Kier molecular flexibility index (Phi) is 4.50. The average Bonchev–Trinajstić information content (AvgIpc) is 2.53. The van der Waals surface area contributed by atoms with Crippen LogP contribution in [0.4, 0.5) is 8.78 Å². The Hall–Kier alpha value is -0.460. The minimum absolute atomic E-state index is 0.215. The molecule has 0 saturated heterocycles. The SMILES string of the molecule is NCC(NCC(F)F)c1ccc(Br)o1. The summed E-state index contributed by atoms with van der Waals surface area (Å²) in [6, 6.07) is 3.03. The number of rotatable bonds is 5. The Morgan fingerprint density at radius 1 is 1.50 bits per heavy atom. The van der Waals surface area contributed by atoms with E-state index in [2.05, 4.69) is 21.2 Å². The maximum Gasteiger partial charge on any atom is 0.250 e. The molecule has 0 bridgehead atoms. The van der Waals surface area contributed by atoms with Crippen LogP contribution < -0.4 is 11.1 Å². The molecule has 3 nitrogen and oxygen atoms in total. The van der Waals surface area contributed by atoms with E-state index in [1.54, 1.807) is 12.1 Å². The van der Waals surface area contributed by atoms with E-state index >= 15 is 0 Å². The summed E-state index contributed by atoms with van der Waals surface area (Å²) in [5, 5.41) is 2.61. The lowest BCUT2D eigenvalue weighted by Crippen LogP contribution is -2.31. The Morgan fingerprint density at radius 3 is 2.64 bits per heavy atom. The summed E-state index contributed by atoms with van der Waals surface area (Å²) in [6.45, 7) is -0.174. The lowest BCUT2D eigenvalue weighted by atomic mass is 10.2. The third kappa shape index (κ3) is 3.36. The number of nitrogens with two attached hydrogens (primary N) is 1. The van der Waals surface area contributed by atoms with E-state index in [4.69, 9.17) is 10.2 Å². The Balaban J connectivity index is 2.54. The molecule has 0 aliphatic carbocycles. The van der Waals surface area contributed by atoms with Gasteiger partial charge in [-0.05, 0) is 28.1 Å².